The molecular weight excluding hydrogens is 278 g/mol. The normalized spacial score (nSPS) is 11.7. The molecule has 0 heterocycles. The van der Waals surface area contributed by atoms with Gasteiger partial charge in [0.25, 0.3) is 0 Å². The first kappa shape index (κ1) is 16.6. The summed E-state index contributed by atoms with van der Waals surface area (Å²) in [5, 5.41) is 2.56. The van der Waals surface area contributed by atoms with E-state index in [1.165, 1.54) is 10.4 Å². The summed E-state index contributed by atoms with van der Waals surface area (Å²) in [6.07, 6.45) is 0. The van der Waals surface area contributed by atoms with Gasteiger partial charge in [0.2, 0.25) is 15.9 Å². The molecule has 0 aliphatic heterocycles. The van der Waals surface area contributed by atoms with Crippen molar-refractivity contribution in [3.05, 3.63) is 23.8 Å². The number of nitrogens with zero attached hydrogens (tertiary/aromatic N) is 1. The second kappa shape index (κ2) is 6.83. The van der Waals surface area contributed by atoms with E-state index < -0.39 is 10.0 Å². The Morgan fingerprint density at radius 1 is 1.30 bits per heavy atom. The smallest absolute Gasteiger partial charge is 0.243 e. The van der Waals surface area contributed by atoms with Gasteiger partial charge in [-0.05, 0) is 24.6 Å². The van der Waals surface area contributed by atoms with Crippen LogP contribution in [-0.4, -0.2) is 38.3 Å². The third-order valence-electron chi connectivity index (χ3n) is 2.98. The fourth-order valence-electron chi connectivity index (χ4n) is 1.87. The highest BCUT2D eigenvalue weighted by Crippen LogP contribution is 2.23. The number of nitrogens with two attached hydrogens (primary N) is 1. The number of anilines is 1. The minimum Gasteiger partial charge on any atom is -0.325 e. The van der Waals surface area contributed by atoms with Crippen LogP contribution in [0.5, 0.6) is 0 Å². The molecule has 3 N–H and O–H groups in total. The van der Waals surface area contributed by atoms with E-state index >= 15 is 0 Å². The number of amides is 1. The highest BCUT2D eigenvalue weighted by atomic mass is 32.2. The van der Waals surface area contributed by atoms with Crippen LogP contribution in [0.1, 0.15) is 19.4 Å². The summed E-state index contributed by atoms with van der Waals surface area (Å²) in [7, 11) is -3.55. The molecule has 0 atom stereocenters. The lowest BCUT2D eigenvalue weighted by Gasteiger charge is -2.20. The van der Waals surface area contributed by atoms with E-state index in [4.69, 9.17) is 5.73 Å². The maximum absolute atomic E-state index is 12.5. The number of hydrogen-bond acceptors (Lipinski definition) is 4. The summed E-state index contributed by atoms with van der Waals surface area (Å²) in [4.78, 5) is 11.5. The molecule has 1 aromatic rings. The van der Waals surface area contributed by atoms with E-state index in [2.05, 4.69) is 5.32 Å². The molecule has 0 saturated heterocycles. The van der Waals surface area contributed by atoms with Gasteiger partial charge in [-0.25, -0.2) is 8.42 Å². The number of nitrogens with one attached hydrogen (secondary N) is 1. The van der Waals surface area contributed by atoms with Gasteiger partial charge < -0.3 is 11.1 Å². The zero-order chi connectivity index (χ0) is 15.3. The molecule has 7 heteroatoms. The van der Waals surface area contributed by atoms with Crippen molar-refractivity contribution < 1.29 is 13.2 Å². The lowest BCUT2D eigenvalue weighted by molar-refractivity contribution is -0.114. The maximum atomic E-state index is 12.5. The molecule has 1 aromatic carbocycles. The number of benzene rings is 1. The molecular formula is C13H21N3O3S. The summed E-state index contributed by atoms with van der Waals surface area (Å²) in [6.45, 7) is 5.96. The molecule has 112 valence electrons. The van der Waals surface area contributed by atoms with Crippen LogP contribution >= 0.6 is 0 Å². The first-order valence-electron chi connectivity index (χ1n) is 6.47. The largest absolute Gasteiger partial charge is 0.325 e. The number of carbonyl (C=O) groups excluding carboxylic acids is 1. The van der Waals surface area contributed by atoms with Gasteiger partial charge in [-0.1, -0.05) is 19.9 Å². The van der Waals surface area contributed by atoms with E-state index in [1.54, 1.807) is 32.9 Å². The van der Waals surface area contributed by atoms with Crippen LogP contribution in [0.3, 0.4) is 0 Å². The lowest BCUT2D eigenvalue weighted by Crippen LogP contribution is -2.31. The fraction of sp³-hybridized carbons (Fsp3) is 0.462. The summed E-state index contributed by atoms with van der Waals surface area (Å²) in [5.41, 5.74) is 6.30. The topological polar surface area (TPSA) is 92.5 Å². The van der Waals surface area contributed by atoms with Gasteiger partial charge in [0.15, 0.2) is 0 Å². The van der Waals surface area contributed by atoms with Crippen molar-refractivity contribution in [1.82, 2.24) is 4.31 Å². The predicted octanol–water partition coefficient (Wildman–Crippen LogP) is 0.923. The Bertz CT molecular complexity index is 581. The molecule has 0 aliphatic carbocycles. The number of sulfonamides is 1. The average Bonchev–Trinajstić information content (AvgIpc) is 2.41. The second-order valence-corrected chi connectivity index (χ2v) is 6.23. The van der Waals surface area contributed by atoms with Crippen molar-refractivity contribution in [3.63, 3.8) is 0 Å². The maximum Gasteiger partial charge on any atom is 0.243 e. The van der Waals surface area contributed by atoms with E-state index in [1.807, 2.05) is 0 Å². The lowest BCUT2D eigenvalue weighted by atomic mass is 10.2. The Labute approximate surface area is 120 Å². The Balaban J connectivity index is 3.23. The molecule has 0 fully saturated rings. The van der Waals surface area contributed by atoms with E-state index in [-0.39, 0.29) is 17.3 Å². The van der Waals surface area contributed by atoms with E-state index in [0.29, 0.717) is 24.3 Å². The first-order valence-corrected chi connectivity index (χ1v) is 7.91. The molecule has 0 aromatic heterocycles. The van der Waals surface area contributed by atoms with Crippen LogP contribution in [0.4, 0.5) is 5.69 Å². The van der Waals surface area contributed by atoms with Crippen molar-refractivity contribution in [2.24, 2.45) is 5.73 Å². The highest BCUT2D eigenvalue weighted by molar-refractivity contribution is 7.89. The molecule has 0 aliphatic rings. The molecule has 0 bridgehead atoms. The second-order valence-electron chi connectivity index (χ2n) is 4.32. The summed E-state index contributed by atoms with van der Waals surface area (Å²) < 4.78 is 26.4. The van der Waals surface area contributed by atoms with E-state index in [0.717, 1.165) is 0 Å². The van der Waals surface area contributed by atoms with E-state index in [9.17, 15) is 13.2 Å². The van der Waals surface area contributed by atoms with Crippen LogP contribution in [0.25, 0.3) is 0 Å². The zero-order valence-corrected chi connectivity index (χ0v) is 12.8. The van der Waals surface area contributed by atoms with Crippen molar-refractivity contribution in [3.8, 4) is 0 Å². The van der Waals surface area contributed by atoms with Crippen molar-refractivity contribution in [2.75, 3.05) is 25.0 Å². The van der Waals surface area contributed by atoms with Crippen molar-refractivity contribution in [2.45, 2.75) is 25.7 Å². The number of aryl methyl sites for hydroxylation is 1. The Hall–Kier alpha value is -1.44. The summed E-state index contributed by atoms with van der Waals surface area (Å²) >= 11 is 0. The third kappa shape index (κ3) is 3.56. The Morgan fingerprint density at radius 2 is 1.90 bits per heavy atom. The number of hydrogen-bond donors (Lipinski definition) is 2. The summed E-state index contributed by atoms with van der Waals surface area (Å²) in [5.74, 6) is -0.361. The molecule has 0 saturated carbocycles. The molecule has 1 amide bonds. The van der Waals surface area contributed by atoms with Gasteiger partial charge in [-0.2, -0.15) is 4.31 Å². The Kier molecular flexibility index (Phi) is 5.67. The number of carbonyl (C=O) groups is 1. The van der Waals surface area contributed by atoms with Gasteiger partial charge in [-0.15, -0.1) is 0 Å². The quantitative estimate of drug-likeness (QED) is 0.817. The van der Waals surface area contributed by atoms with Gasteiger partial charge in [-0.3, -0.25) is 4.79 Å². The van der Waals surface area contributed by atoms with Crippen LogP contribution in [0, 0.1) is 6.92 Å². The fourth-order valence-corrected chi connectivity index (χ4v) is 3.58. The van der Waals surface area contributed by atoms with Crippen LogP contribution in [-0.2, 0) is 14.8 Å². The SMILES string of the molecule is CCN(CC)S(=O)(=O)c1cc(NC(=O)CN)ccc1C. The van der Waals surface area contributed by atoms with Gasteiger partial charge >= 0.3 is 0 Å². The number of rotatable bonds is 6. The summed E-state index contributed by atoms with van der Waals surface area (Å²) in [6, 6.07) is 4.79. The Morgan fingerprint density at radius 3 is 2.40 bits per heavy atom. The monoisotopic (exact) mass is 299 g/mol. The van der Waals surface area contributed by atoms with Crippen LogP contribution < -0.4 is 11.1 Å². The minimum atomic E-state index is -3.55. The predicted molar refractivity (Wildman–Crippen MR) is 79.0 cm³/mol. The molecule has 0 spiro atoms. The molecule has 0 unspecified atom stereocenters. The van der Waals surface area contributed by atoms with Gasteiger partial charge in [0.1, 0.15) is 0 Å². The van der Waals surface area contributed by atoms with Crippen LogP contribution in [0.15, 0.2) is 23.1 Å². The molecule has 6 nitrogen and oxygen atoms in total. The average molecular weight is 299 g/mol. The first-order chi connectivity index (χ1) is 9.36. The minimum absolute atomic E-state index is 0.147. The van der Waals surface area contributed by atoms with Crippen molar-refractivity contribution >= 4 is 21.6 Å². The zero-order valence-electron chi connectivity index (χ0n) is 12.0. The van der Waals surface area contributed by atoms with Gasteiger partial charge in [0, 0.05) is 18.8 Å². The molecule has 1 rings (SSSR count). The third-order valence-corrected chi connectivity index (χ3v) is 5.17. The standard InChI is InChI=1S/C13H21N3O3S/c1-4-16(5-2)20(18,19)12-8-11(7-6-10(12)3)15-13(17)9-14/h6-8H,4-5,9,14H2,1-3H3,(H,15,17). The molecule has 0 radical (unpaired) electrons. The molecule has 20 heavy (non-hydrogen) atoms. The van der Waals surface area contributed by atoms with Gasteiger partial charge in [0.05, 0.1) is 11.4 Å². The van der Waals surface area contributed by atoms with Crippen LogP contribution in [0.2, 0.25) is 0 Å². The van der Waals surface area contributed by atoms with Crippen molar-refractivity contribution in [1.29, 1.82) is 0 Å². The highest BCUT2D eigenvalue weighted by Gasteiger charge is 2.23.